The molecule has 0 aliphatic heterocycles. The van der Waals surface area contributed by atoms with E-state index in [1.807, 2.05) is 13.0 Å². The molecule has 0 fully saturated rings. The molecule has 19 heavy (non-hydrogen) atoms. The van der Waals surface area contributed by atoms with Gasteiger partial charge in [0.1, 0.15) is 5.75 Å². The fourth-order valence-electron chi connectivity index (χ4n) is 2.15. The summed E-state index contributed by atoms with van der Waals surface area (Å²) in [6.45, 7) is 2.79. The summed E-state index contributed by atoms with van der Waals surface area (Å²) in [4.78, 5) is 0. The van der Waals surface area contributed by atoms with Crippen LogP contribution >= 0.6 is 31.9 Å². The Hall–Kier alpha value is -0.0200. The Morgan fingerprint density at radius 1 is 1.00 bits per heavy atom. The highest BCUT2D eigenvalue weighted by Gasteiger charge is 2.02. The van der Waals surface area contributed by atoms with Crippen LogP contribution in [0.4, 0.5) is 0 Å². The van der Waals surface area contributed by atoms with E-state index < -0.39 is 0 Å². The van der Waals surface area contributed by atoms with E-state index in [-0.39, 0.29) is 0 Å². The van der Waals surface area contributed by atoms with Crippen molar-refractivity contribution in [2.24, 2.45) is 0 Å². The van der Waals surface area contributed by atoms with Crippen LogP contribution in [0.3, 0.4) is 0 Å². The van der Waals surface area contributed by atoms with Crippen molar-refractivity contribution in [2.45, 2.75) is 55.6 Å². The minimum atomic E-state index is 0.484. The number of hydrogen-bond acceptors (Lipinski definition) is 1. The van der Waals surface area contributed by atoms with Gasteiger partial charge in [0.2, 0.25) is 0 Å². The predicted molar refractivity (Wildman–Crippen MR) is 90.7 cm³/mol. The van der Waals surface area contributed by atoms with Gasteiger partial charge < -0.3 is 4.74 Å². The molecular weight excluding hydrogens is 368 g/mol. The minimum Gasteiger partial charge on any atom is -0.494 e. The fourth-order valence-corrected chi connectivity index (χ4v) is 2.80. The van der Waals surface area contributed by atoms with Crippen LogP contribution in [0.1, 0.15) is 51.0 Å². The van der Waals surface area contributed by atoms with Crippen molar-refractivity contribution in [3.63, 3.8) is 0 Å². The molecule has 0 saturated carbocycles. The molecule has 3 heteroatoms. The van der Waals surface area contributed by atoms with Crippen LogP contribution in [0.15, 0.2) is 24.3 Å². The number of rotatable bonds is 10. The molecule has 0 aliphatic rings. The molecule has 0 aliphatic carbocycles. The van der Waals surface area contributed by atoms with Gasteiger partial charge in [-0.05, 0) is 37.8 Å². The first-order valence-electron chi connectivity index (χ1n) is 7.23. The van der Waals surface area contributed by atoms with E-state index in [2.05, 4.69) is 50.1 Å². The quantitative estimate of drug-likeness (QED) is 0.346. The van der Waals surface area contributed by atoms with Crippen LogP contribution in [0.5, 0.6) is 5.75 Å². The average Bonchev–Trinajstić information content (AvgIpc) is 2.39. The van der Waals surface area contributed by atoms with E-state index in [9.17, 15) is 0 Å². The monoisotopic (exact) mass is 390 g/mol. The zero-order valence-electron chi connectivity index (χ0n) is 11.7. The van der Waals surface area contributed by atoms with Crippen molar-refractivity contribution in [1.82, 2.24) is 0 Å². The number of unbranched alkanes of at least 4 members (excludes halogenated alkanes) is 4. The SMILES string of the molecule is CCOc1ccccc1CCCCCCCC(Br)Br. The molecule has 0 saturated heterocycles. The second kappa shape index (κ2) is 10.7. The maximum absolute atomic E-state index is 5.65. The molecule has 0 atom stereocenters. The van der Waals surface area contributed by atoms with Gasteiger partial charge in [-0.25, -0.2) is 0 Å². The average molecular weight is 392 g/mol. The molecule has 1 aromatic carbocycles. The predicted octanol–water partition coefficient (Wildman–Crippen LogP) is 6.08. The molecule has 0 radical (unpaired) electrons. The highest BCUT2D eigenvalue weighted by molar-refractivity contribution is 9.24. The Bertz CT molecular complexity index is 339. The summed E-state index contributed by atoms with van der Waals surface area (Å²) >= 11 is 7.03. The smallest absolute Gasteiger partial charge is 0.122 e. The third-order valence-corrected chi connectivity index (χ3v) is 4.06. The molecule has 0 unspecified atom stereocenters. The molecule has 1 nitrogen and oxygen atoms in total. The van der Waals surface area contributed by atoms with Gasteiger partial charge in [0.15, 0.2) is 0 Å². The normalized spacial score (nSPS) is 10.9. The number of benzene rings is 1. The van der Waals surface area contributed by atoms with Crippen molar-refractivity contribution >= 4 is 31.9 Å². The van der Waals surface area contributed by atoms with Gasteiger partial charge in [-0.15, -0.1) is 0 Å². The van der Waals surface area contributed by atoms with Gasteiger partial charge in [0.05, 0.1) is 10.3 Å². The Morgan fingerprint density at radius 2 is 1.68 bits per heavy atom. The summed E-state index contributed by atoms with van der Waals surface area (Å²) in [6, 6.07) is 8.41. The minimum absolute atomic E-state index is 0.484. The molecule has 1 aromatic rings. The van der Waals surface area contributed by atoms with Gasteiger partial charge in [-0.1, -0.05) is 75.7 Å². The largest absolute Gasteiger partial charge is 0.494 e. The second-order valence-corrected chi connectivity index (χ2v) is 8.18. The lowest BCUT2D eigenvalue weighted by Crippen LogP contribution is -1.96. The van der Waals surface area contributed by atoms with Crippen LogP contribution < -0.4 is 4.74 Å². The van der Waals surface area contributed by atoms with Gasteiger partial charge in [-0.2, -0.15) is 0 Å². The van der Waals surface area contributed by atoms with E-state index in [1.165, 1.54) is 44.1 Å². The molecule has 0 N–H and O–H groups in total. The summed E-state index contributed by atoms with van der Waals surface area (Å²) in [5, 5.41) is 0. The molecule has 1 rings (SSSR count). The highest BCUT2D eigenvalue weighted by Crippen LogP contribution is 2.21. The Kier molecular flexibility index (Phi) is 9.62. The van der Waals surface area contributed by atoms with E-state index >= 15 is 0 Å². The van der Waals surface area contributed by atoms with E-state index in [1.54, 1.807) is 0 Å². The van der Waals surface area contributed by atoms with Gasteiger partial charge in [-0.3, -0.25) is 0 Å². The lowest BCUT2D eigenvalue weighted by atomic mass is 10.0. The van der Waals surface area contributed by atoms with Crippen LogP contribution in [-0.2, 0) is 6.42 Å². The lowest BCUT2D eigenvalue weighted by Gasteiger charge is -2.09. The lowest BCUT2D eigenvalue weighted by molar-refractivity contribution is 0.336. The Morgan fingerprint density at radius 3 is 2.42 bits per heavy atom. The molecule has 0 spiro atoms. The summed E-state index contributed by atoms with van der Waals surface area (Å²) in [7, 11) is 0. The molecule has 0 amide bonds. The van der Waals surface area contributed by atoms with Gasteiger partial charge in [0, 0.05) is 0 Å². The van der Waals surface area contributed by atoms with Crippen molar-refractivity contribution in [3.05, 3.63) is 29.8 Å². The van der Waals surface area contributed by atoms with Crippen LogP contribution in [-0.4, -0.2) is 10.3 Å². The maximum Gasteiger partial charge on any atom is 0.122 e. The molecule has 0 aromatic heterocycles. The fraction of sp³-hybridized carbons (Fsp3) is 0.625. The molecule has 108 valence electrons. The molecule has 0 heterocycles. The Balaban J connectivity index is 2.15. The summed E-state index contributed by atoms with van der Waals surface area (Å²) in [5.41, 5.74) is 1.35. The van der Waals surface area contributed by atoms with Crippen molar-refractivity contribution in [1.29, 1.82) is 0 Å². The van der Waals surface area contributed by atoms with Crippen LogP contribution in [0.25, 0.3) is 0 Å². The zero-order chi connectivity index (χ0) is 13.9. The maximum atomic E-state index is 5.65. The number of para-hydroxylation sites is 1. The number of ether oxygens (including phenoxy) is 1. The van der Waals surface area contributed by atoms with E-state index in [0.717, 1.165) is 18.8 Å². The highest BCUT2D eigenvalue weighted by atomic mass is 79.9. The Labute approximate surface area is 134 Å². The third kappa shape index (κ3) is 7.98. The first kappa shape index (κ1) is 17.0. The number of hydrogen-bond donors (Lipinski definition) is 0. The second-order valence-electron chi connectivity index (χ2n) is 4.74. The van der Waals surface area contributed by atoms with Crippen molar-refractivity contribution in [3.8, 4) is 5.75 Å². The summed E-state index contributed by atoms with van der Waals surface area (Å²) in [5.74, 6) is 1.06. The van der Waals surface area contributed by atoms with Gasteiger partial charge in [0.25, 0.3) is 0 Å². The summed E-state index contributed by atoms with van der Waals surface area (Å²) < 4.78 is 6.13. The third-order valence-electron chi connectivity index (χ3n) is 3.14. The topological polar surface area (TPSA) is 9.23 Å². The van der Waals surface area contributed by atoms with Crippen LogP contribution in [0, 0.1) is 0 Å². The van der Waals surface area contributed by atoms with Crippen LogP contribution in [0.2, 0.25) is 0 Å². The summed E-state index contributed by atoms with van der Waals surface area (Å²) in [6.07, 6.45) is 8.90. The van der Waals surface area contributed by atoms with E-state index in [4.69, 9.17) is 4.74 Å². The molecular formula is C16H24Br2O. The number of halogens is 2. The first-order chi connectivity index (χ1) is 9.24. The van der Waals surface area contributed by atoms with Crippen molar-refractivity contribution < 1.29 is 4.74 Å². The van der Waals surface area contributed by atoms with Crippen molar-refractivity contribution in [2.75, 3.05) is 6.61 Å². The standard InChI is InChI=1S/C16H24Br2O/c1-2-19-15-12-9-8-11-14(15)10-6-4-3-5-7-13-16(17)18/h8-9,11-12,16H,2-7,10,13H2,1H3. The van der Waals surface area contributed by atoms with Gasteiger partial charge >= 0.3 is 0 Å². The number of aryl methyl sites for hydroxylation is 1. The number of alkyl halides is 2. The zero-order valence-corrected chi connectivity index (χ0v) is 14.9. The van der Waals surface area contributed by atoms with E-state index in [0.29, 0.717) is 3.74 Å². The first-order valence-corrected chi connectivity index (χ1v) is 9.06. The molecule has 0 bridgehead atoms.